The van der Waals surface area contributed by atoms with Crippen LogP contribution in [0.5, 0.6) is 5.75 Å². The third-order valence-electron chi connectivity index (χ3n) is 6.51. The summed E-state index contributed by atoms with van der Waals surface area (Å²) >= 11 is 0. The number of likely N-dealkylation sites (N-methyl/N-ethyl adjacent to an activating group) is 1. The topological polar surface area (TPSA) is 73.1 Å². The Morgan fingerprint density at radius 1 is 0.794 bits per heavy atom. The largest absolute Gasteiger partial charge is 0.494 e. The lowest BCUT2D eigenvalue weighted by Gasteiger charge is -2.34. The van der Waals surface area contributed by atoms with Crippen molar-refractivity contribution in [3.05, 3.63) is 60.7 Å². The number of rotatable bonds is 5. The van der Waals surface area contributed by atoms with Crippen LogP contribution in [0, 0.1) is 0 Å². The van der Waals surface area contributed by atoms with Crippen LogP contribution in [0.25, 0.3) is 44.8 Å². The SMILES string of the molecule is CCOc1cccc(-c2nc3ccc(-c4nc5ccc(N6CCN(C)CC6)cc5[nH]4)cc3[nH]2)c1. The van der Waals surface area contributed by atoms with Crippen molar-refractivity contribution in [2.24, 2.45) is 0 Å². The van der Waals surface area contributed by atoms with E-state index in [0.29, 0.717) is 6.61 Å². The van der Waals surface area contributed by atoms with E-state index in [0.717, 1.165) is 76.8 Å². The van der Waals surface area contributed by atoms with Crippen molar-refractivity contribution in [3.8, 4) is 28.5 Å². The molecule has 1 saturated heterocycles. The second-order valence-corrected chi connectivity index (χ2v) is 8.86. The number of anilines is 1. The van der Waals surface area contributed by atoms with Gasteiger partial charge in [0, 0.05) is 43.0 Å². The summed E-state index contributed by atoms with van der Waals surface area (Å²) in [6.07, 6.45) is 0. The van der Waals surface area contributed by atoms with Crippen molar-refractivity contribution in [2.75, 3.05) is 44.7 Å². The molecule has 0 bridgehead atoms. The number of imidazole rings is 2. The number of hydrogen-bond acceptors (Lipinski definition) is 5. The lowest BCUT2D eigenvalue weighted by Crippen LogP contribution is -2.44. The van der Waals surface area contributed by atoms with E-state index in [-0.39, 0.29) is 0 Å². The lowest BCUT2D eigenvalue weighted by molar-refractivity contribution is 0.313. The molecular weight excluding hydrogens is 424 g/mol. The third kappa shape index (κ3) is 3.88. The summed E-state index contributed by atoms with van der Waals surface area (Å²) < 4.78 is 5.64. The van der Waals surface area contributed by atoms with Crippen LogP contribution in [0.15, 0.2) is 60.7 Å². The van der Waals surface area contributed by atoms with Crippen LogP contribution in [0.1, 0.15) is 6.92 Å². The van der Waals surface area contributed by atoms with E-state index >= 15 is 0 Å². The molecule has 0 spiro atoms. The molecule has 1 aliphatic heterocycles. The first-order chi connectivity index (χ1) is 16.7. The third-order valence-corrected chi connectivity index (χ3v) is 6.51. The first-order valence-corrected chi connectivity index (χ1v) is 11.8. The van der Waals surface area contributed by atoms with Gasteiger partial charge in [0.25, 0.3) is 0 Å². The minimum Gasteiger partial charge on any atom is -0.494 e. The number of nitrogens with zero attached hydrogens (tertiary/aromatic N) is 4. The van der Waals surface area contributed by atoms with Crippen LogP contribution in [0.3, 0.4) is 0 Å². The highest BCUT2D eigenvalue weighted by Gasteiger charge is 2.16. The number of nitrogens with one attached hydrogen (secondary N) is 2. The quantitative estimate of drug-likeness (QED) is 0.396. The average Bonchev–Trinajstić information content (AvgIpc) is 3.48. The summed E-state index contributed by atoms with van der Waals surface area (Å²) in [5.41, 5.74) is 7.23. The zero-order valence-corrected chi connectivity index (χ0v) is 19.5. The molecule has 3 aromatic carbocycles. The maximum absolute atomic E-state index is 5.64. The van der Waals surface area contributed by atoms with Gasteiger partial charge in [0.1, 0.15) is 17.4 Å². The fraction of sp³-hybridized carbons (Fsp3) is 0.259. The van der Waals surface area contributed by atoms with Crippen LogP contribution in [0.4, 0.5) is 5.69 Å². The monoisotopic (exact) mass is 452 g/mol. The van der Waals surface area contributed by atoms with E-state index in [9.17, 15) is 0 Å². The number of aromatic amines is 2. The van der Waals surface area contributed by atoms with E-state index in [1.165, 1.54) is 5.69 Å². The zero-order valence-electron chi connectivity index (χ0n) is 19.5. The van der Waals surface area contributed by atoms with Crippen molar-refractivity contribution in [1.82, 2.24) is 24.8 Å². The number of hydrogen-bond donors (Lipinski definition) is 2. The Morgan fingerprint density at radius 2 is 1.47 bits per heavy atom. The van der Waals surface area contributed by atoms with E-state index in [1.54, 1.807) is 0 Å². The van der Waals surface area contributed by atoms with Crippen molar-refractivity contribution in [2.45, 2.75) is 6.92 Å². The highest BCUT2D eigenvalue weighted by molar-refractivity contribution is 5.87. The fourth-order valence-electron chi connectivity index (χ4n) is 4.59. The van der Waals surface area contributed by atoms with Gasteiger partial charge >= 0.3 is 0 Å². The molecule has 34 heavy (non-hydrogen) atoms. The number of H-pyrrole nitrogens is 2. The highest BCUT2D eigenvalue weighted by Crippen LogP contribution is 2.29. The van der Waals surface area contributed by atoms with Crippen LogP contribution in [-0.4, -0.2) is 64.7 Å². The van der Waals surface area contributed by atoms with Gasteiger partial charge in [0.15, 0.2) is 0 Å². The van der Waals surface area contributed by atoms with Crippen LogP contribution in [0.2, 0.25) is 0 Å². The lowest BCUT2D eigenvalue weighted by atomic mass is 10.2. The second kappa shape index (κ2) is 8.50. The summed E-state index contributed by atoms with van der Waals surface area (Å²) in [6, 6.07) is 20.7. The van der Waals surface area contributed by atoms with Gasteiger partial charge < -0.3 is 24.5 Å². The Kier molecular flexibility index (Phi) is 5.19. The van der Waals surface area contributed by atoms with Crippen molar-refractivity contribution >= 4 is 27.8 Å². The Morgan fingerprint density at radius 3 is 2.21 bits per heavy atom. The number of aromatic nitrogens is 4. The Balaban J connectivity index is 1.30. The molecule has 2 aromatic heterocycles. The molecule has 1 aliphatic rings. The summed E-state index contributed by atoms with van der Waals surface area (Å²) in [5.74, 6) is 2.54. The molecule has 172 valence electrons. The molecule has 0 atom stereocenters. The predicted octanol–water partition coefficient (Wildman–Crippen LogP) is 4.92. The molecule has 7 heteroatoms. The molecule has 0 amide bonds. The second-order valence-electron chi connectivity index (χ2n) is 8.86. The Labute approximate surface area is 198 Å². The first kappa shape index (κ1) is 20.7. The summed E-state index contributed by atoms with van der Waals surface area (Å²) in [4.78, 5) is 21.4. The minimum absolute atomic E-state index is 0.640. The fourth-order valence-corrected chi connectivity index (χ4v) is 4.59. The van der Waals surface area contributed by atoms with Crippen LogP contribution >= 0.6 is 0 Å². The van der Waals surface area contributed by atoms with Gasteiger partial charge in [-0.25, -0.2) is 9.97 Å². The number of ether oxygens (including phenoxy) is 1. The molecule has 6 rings (SSSR count). The molecule has 3 heterocycles. The van der Waals surface area contributed by atoms with Crippen molar-refractivity contribution < 1.29 is 4.74 Å². The maximum Gasteiger partial charge on any atom is 0.138 e. The number of fused-ring (bicyclic) bond motifs is 2. The highest BCUT2D eigenvalue weighted by atomic mass is 16.5. The standard InChI is InChI=1S/C27H28N6O/c1-3-34-21-6-4-5-18(15-21)26-28-22-9-7-19(16-24(22)30-26)27-29-23-10-8-20(17-25(23)31-27)33-13-11-32(2)12-14-33/h4-10,15-17H,3,11-14H2,1-2H3,(H,28,30)(H,29,31). The first-order valence-electron chi connectivity index (χ1n) is 11.8. The molecule has 7 nitrogen and oxygen atoms in total. The predicted molar refractivity (Wildman–Crippen MR) is 137 cm³/mol. The molecule has 0 saturated carbocycles. The van der Waals surface area contributed by atoms with Crippen LogP contribution < -0.4 is 9.64 Å². The molecule has 0 radical (unpaired) electrons. The van der Waals surface area contributed by atoms with Gasteiger partial charge in [0.05, 0.1) is 28.7 Å². The maximum atomic E-state index is 5.64. The van der Waals surface area contributed by atoms with Gasteiger partial charge in [0.2, 0.25) is 0 Å². The molecule has 0 aliphatic carbocycles. The van der Waals surface area contributed by atoms with E-state index in [4.69, 9.17) is 14.7 Å². The van der Waals surface area contributed by atoms with Crippen molar-refractivity contribution in [1.29, 1.82) is 0 Å². The van der Waals surface area contributed by atoms with Crippen LogP contribution in [-0.2, 0) is 0 Å². The Bertz CT molecular complexity index is 1460. The van der Waals surface area contributed by atoms with Gasteiger partial charge in [-0.15, -0.1) is 0 Å². The molecule has 1 fully saturated rings. The molecule has 0 unspecified atom stereocenters. The normalized spacial score (nSPS) is 14.8. The van der Waals surface area contributed by atoms with E-state index in [2.05, 4.69) is 57.1 Å². The molecule has 5 aromatic rings. The van der Waals surface area contributed by atoms with E-state index in [1.807, 2.05) is 37.3 Å². The summed E-state index contributed by atoms with van der Waals surface area (Å²) in [6.45, 7) is 6.91. The number of piperazine rings is 1. The minimum atomic E-state index is 0.640. The Hall–Kier alpha value is -3.84. The van der Waals surface area contributed by atoms with E-state index < -0.39 is 0 Å². The van der Waals surface area contributed by atoms with Gasteiger partial charge in [-0.1, -0.05) is 12.1 Å². The van der Waals surface area contributed by atoms with Gasteiger partial charge in [-0.05, 0) is 62.5 Å². The molecular formula is C27H28N6O. The van der Waals surface area contributed by atoms with Gasteiger partial charge in [-0.2, -0.15) is 0 Å². The summed E-state index contributed by atoms with van der Waals surface area (Å²) in [5, 5.41) is 0. The average molecular weight is 453 g/mol. The zero-order chi connectivity index (χ0) is 23.1. The molecule has 2 N–H and O–H groups in total. The summed E-state index contributed by atoms with van der Waals surface area (Å²) in [7, 11) is 2.18. The number of benzene rings is 3. The van der Waals surface area contributed by atoms with Crippen molar-refractivity contribution in [3.63, 3.8) is 0 Å². The smallest absolute Gasteiger partial charge is 0.138 e. The van der Waals surface area contributed by atoms with Gasteiger partial charge in [-0.3, -0.25) is 0 Å².